The van der Waals surface area contributed by atoms with Gasteiger partial charge in [0, 0.05) is 34.9 Å². The molecule has 0 unspecified atom stereocenters. The van der Waals surface area contributed by atoms with E-state index in [1.54, 1.807) is 6.20 Å². The standard InChI is InChI=1S/C22H19N5O3/c1-12-2-6-15-19(25-14-5-7-17-18(10-14)29-9-8-28-17)16(11-23-21(15)24-12)22-26-20(27-30-22)13-3-4-13/h2,5-7,10-11,13H,3-4,8-9H2,1H3,(H,23,24,25). The van der Waals surface area contributed by atoms with Crippen LogP contribution in [0.4, 0.5) is 11.4 Å². The molecule has 8 heteroatoms. The number of aryl methyl sites for hydroxylation is 1. The number of anilines is 2. The monoisotopic (exact) mass is 401 g/mol. The van der Waals surface area contributed by atoms with Crippen molar-refractivity contribution in [3.63, 3.8) is 0 Å². The van der Waals surface area contributed by atoms with Gasteiger partial charge in [0.25, 0.3) is 5.89 Å². The fraction of sp³-hybridized carbons (Fsp3) is 0.273. The fourth-order valence-electron chi connectivity index (χ4n) is 3.59. The third kappa shape index (κ3) is 3.01. The summed E-state index contributed by atoms with van der Waals surface area (Å²) in [4.78, 5) is 13.7. The molecule has 1 aliphatic carbocycles. The Morgan fingerprint density at radius 2 is 1.87 bits per heavy atom. The second kappa shape index (κ2) is 6.69. The maximum absolute atomic E-state index is 5.73. The lowest BCUT2D eigenvalue weighted by Gasteiger charge is -2.20. The minimum atomic E-state index is 0.412. The smallest absolute Gasteiger partial charge is 0.261 e. The van der Waals surface area contributed by atoms with Gasteiger partial charge in [-0.05, 0) is 44.0 Å². The Morgan fingerprint density at radius 1 is 1.00 bits per heavy atom. The molecular formula is C22H19N5O3. The Hall–Kier alpha value is -3.68. The fourth-order valence-corrected chi connectivity index (χ4v) is 3.59. The molecule has 1 aliphatic heterocycles. The number of fused-ring (bicyclic) bond motifs is 2. The van der Waals surface area contributed by atoms with E-state index in [9.17, 15) is 0 Å². The van der Waals surface area contributed by atoms with Crippen LogP contribution >= 0.6 is 0 Å². The van der Waals surface area contributed by atoms with E-state index in [0.717, 1.165) is 52.4 Å². The Balaban J connectivity index is 1.47. The first-order chi connectivity index (χ1) is 14.7. The summed E-state index contributed by atoms with van der Waals surface area (Å²) in [6, 6.07) is 9.75. The van der Waals surface area contributed by atoms with Gasteiger partial charge in [0.2, 0.25) is 0 Å². The molecule has 0 atom stereocenters. The van der Waals surface area contributed by atoms with Crippen LogP contribution in [0, 0.1) is 6.92 Å². The van der Waals surface area contributed by atoms with E-state index in [1.807, 2.05) is 37.3 Å². The van der Waals surface area contributed by atoms with E-state index in [2.05, 4.69) is 25.4 Å². The highest BCUT2D eigenvalue weighted by Crippen LogP contribution is 2.41. The van der Waals surface area contributed by atoms with Crippen molar-refractivity contribution in [2.45, 2.75) is 25.7 Å². The number of hydrogen-bond donors (Lipinski definition) is 1. The van der Waals surface area contributed by atoms with Crippen molar-refractivity contribution in [3.05, 3.63) is 48.0 Å². The van der Waals surface area contributed by atoms with Crippen molar-refractivity contribution in [1.29, 1.82) is 0 Å². The van der Waals surface area contributed by atoms with Crippen molar-refractivity contribution < 1.29 is 14.0 Å². The summed E-state index contributed by atoms with van der Waals surface area (Å²) in [7, 11) is 0. The molecule has 6 rings (SSSR count). The highest BCUT2D eigenvalue weighted by Gasteiger charge is 2.29. The summed E-state index contributed by atoms with van der Waals surface area (Å²) in [6.07, 6.45) is 3.96. The van der Waals surface area contributed by atoms with Gasteiger partial charge in [-0.1, -0.05) is 5.16 Å². The lowest BCUT2D eigenvalue weighted by Crippen LogP contribution is -2.15. The number of hydrogen-bond acceptors (Lipinski definition) is 8. The molecular weight excluding hydrogens is 382 g/mol. The molecule has 1 aromatic carbocycles. The average Bonchev–Trinajstić information content (AvgIpc) is 3.51. The van der Waals surface area contributed by atoms with Crippen LogP contribution < -0.4 is 14.8 Å². The van der Waals surface area contributed by atoms with Crippen LogP contribution in [0.25, 0.3) is 22.5 Å². The maximum Gasteiger partial charge on any atom is 0.261 e. The van der Waals surface area contributed by atoms with Crippen LogP contribution in [0.2, 0.25) is 0 Å². The number of nitrogens with zero attached hydrogens (tertiary/aromatic N) is 4. The SMILES string of the molecule is Cc1ccc2c(Nc3ccc4c(c3)OCCO4)c(-c3nc(C4CC4)no3)cnc2n1. The van der Waals surface area contributed by atoms with Crippen molar-refractivity contribution >= 4 is 22.4 Å². The van der Waals surface area contributed by atoms with E-state index >= 15 is 0 Å². The Labute approximate surface area is 172 Å². The van der Waals surface area contributed by atoms with Crippen LogP contribution in [0.1, 0.15) is 30.3 Å². The van der Waals surface area contributed by atoms with Crippen molar-refractivity contribution in [2.24, 2.45) is 0 Å². The second-order valence-corrected chi connectivity index (χ2v) is 7.59. The molecule has 3 aromatic heterocycles. The normalized spacial score (nSPS) is 15.4. The number of pyridine rings is 2. The van der Waals surface area contributed by atoms with Crippen molar-refractivity contribution in [1.82, 2.24) is 20.1 Å². The zero-order valence-electron chi connectivity index (χ0n) is 16.4. The predicted octanol–water partition coefficient (Wildman–Crippen LogP) is 4.38. The molecule has 4 heterocycles. The lowest BCUT2D eigenvalue weighted by atomic mass is 10.1. The Bertz CT molecular complexity index is 1270. The van der Waals surface area contributed by atoms with E-state index in [-0.39, 0.29) is 0 Å². The molecule has 1 fully saturated rings. The van der Waals surface area contributed by atoms with Crippen LogP contribution in [0.5, 0.6) is 11.5 Å². The van der Waals surface area contributed by atoms with Gasteiger partial charge in [-0.2, -0.15) is 4.98 Å². The molecule has 0 spiro atoms. The number of nitrogens with one attached hydrogen (secondary N) is 1. The molecule has 0 radical (unpaired) electrons. The summed E-state index contributed by atoms with van der Waals surface area (Å²) >= 11 is 0. The van der Waals surface area contributed by atoms with Gasteiger partial charge in [0.1, 0.15) is 13.2 Å². The third-order valence-corrected chi connectivity index (χ3v) is 5.30. The summed E-state index contributed by atoms with van der Waals surface area (Å²) in [6.45, 7) is 3.04. The molecule has 4 aromatic rings. The largest absolute Gasteiger partial charge is 0.486 e. The number of benzene rings is 1. The van der Waals surface area contributed by atoms with E-state index < -0.39 is 0 Å². The van der Waals surface area contributed by atoms with Crippen LogP contribution in [0.15, 0.2) is 41.1 Å². The van der Waals surface area contributed by atoms with E-state index in [1.165, 1.54) is 0 Å². The minimum Gasteiger partial charge on any atom is -0.486 e. The number of rotatable bonds is 4. The molecule has 0 amide bonds. The van der Waals surface area contributed by atoms with Crippen molar-refractivity contribution in [3.8, 4) is 23.0 Å². The zero-order chi connectivity index (χ0) is 20.1. The topological polar surface area (TPSA) is 95.2 Å². The van der Waals surface area contributed by atoms with Gasteiger partial charge in [0.15, 0.2) is 23.0 Å². The molecule has 0 saturated heterocycles. The highest BCUT2D eigenvalue weighted by molar-refractivity contribution is 5.98. The summed E-state index contributed by atoms with van der Waals surface area (Å²) in [5, 5.41) is 8.53. The number of ether oxygens (including phenoxy) is 2. The highest BCUT2D eigenvalue weighted by atomic mass is 16.6. The van der Waals surface area contributed by atoms with Crippen LogP contribution in [-0.2, 0) is 0 Å². The van der Waals surface area contributed by atoms with E-state index in [0.29, 0.717) is 36.4 Å². The molecule has 1 N–H and O–H groups in total. The summed E-state index contributed by atoms with van der Waals surface area (Å²) in [5.74, 6) is 3.09. The molecule has 8 nitrogen and oxygen atoms in total. The van der Waals surface area contributed by atoms with Crippen LogP contribution in [-0.4, -0.2) is 33.3 Å². The zero-order valence-corrected chi connectivity index (χ0v) is 16.4. The Morgan fingerprint density at radius 3 is 2.73 bits per heavy atom. The Kier molecular flexibility index (Phi) is 3.83. The third-order valence-electron chi connectivity index (χ3n) is 5.30. The maximum atomic E-state index is 5.73. The second-order valence-electron chi connectivity index (χ2n) is 7.59. The van der Waals surface area contributed by atoms with Gasteiger partial charge in [-0.3, -0.25) is 0 Å². The van der Waals surface area contributed by atoms with Gasteiger partial charge in [-0.15, -0.1) is 0 Å². The molecule has 2 aliphatic rings. The minimum absolute atomic E-state index is 0.412. The molecule has 30 heavy (non-hydrogen) atoms. The van der Waals surface area contributed by atoms with Gasteiger partial charge < -0.3 is 19.3 Å². The first kappa shape index (κ1) is 17.2. The quantitative estimate of drug-likeness (QED) is 0.538. The van der Waals surface area contributed by atoms with Gasteiger partial charge in [0.05, 0.1) is 11.3 Å². The lowest BCUT2D eigenvalue weighted by molar-refractivity contribution is 0.171. The molecule has 1 saturated carbocycles. The first-order valence-electron chi connectivity index (χ1n) is 10.0. The predicted molar refractivity (Wildman–Crippen MR) is 110 cm³/mol. The summed E-state index contributed by atoms with van der Waals surface area (Å²) < 4.78 is 16.9. The van der Waals surface area contributed by atoms with Gasteiger partial charge >= 0.3 is 0 Å². The van der Waals surface area contributed by atoms with Crippen molar-refractivity contribution in [2.75, 3.05) is 18.5 Å². The van der Waals surface area contributed by atoms with Crippen LogP contribution in [0.3, 0.4) is 0 Å². The van der Waals surface area contributed by atoms with Gasteiger partial charge in [-0.25, -0.2) is 9.97 Å². The summed E-state index contributed by atoms with van der Waals surface area (Å²) in [5.41, 5.74) is 3.97. The average molecular weight is 401 g/mol. The molecule has 0 bridgehead atoms. The van der Waals surface area contributed by atoms with E-state index in [4.69, 9.17) is 14.0 Å². The molecule has 150 valence electrons. The first-order valence-corrected chi connectivity index (χ1v) is 10.0. The number of aromatic nitrogens is 4.